The molecule has 2 unspecified atom stereocenters. The van der Waals surface area contributed by atoms with E-state index >= 15 is 0 Å². The number of halogens is 4. The Hall–Kier alpha value is -0.360. The van der Waals surface area contributed by atoms with Gasteiger partial charge in [0.1, 0.15) is 0 Å². The van der Waals surface area contributed by atoms with Crippen molar-refractivity contribution < 1.29 is 22.7 Å². The van der Waals surface area contributed by atoms with E-state index in [0.717, 1.165) is 12.8 Å². The van der Waals surface area contributed by atoms with Gasteiger partial charge in [0, 0.05) is 6.04 Å². The minimum atomic E-state index is -3.45. The lowest BCUT2D eigenvalue weighted by Crippen LogP contribution is -2.47. The van der Waals surface area contributed by atoms with Crippen molar-refractivity contribution in [3.8, 4) is 0 Å². The molecule has 6 heteroatoms. The van der Waals surface area contributed by atoms with Gasteiger partial charge in [0.15, 0.2) is 0 Å². The Morgan fingerprint density at radius 2 is 1.76 bits per heavy atom. The van der Waals surface area contributed by atoms with Crippen LogP contribution in [0.25, 0.3) is 0 Å². The van der Waals surface area contributed by atoms with Gasteiger partial charge in [-0.25, -0.2) is 17.6 Å². The third-order valence-corrected chi connectivity index (χ3v) is 2.92. The summed E-state index contributed by atoms with van der Waals surface area (Å²) >= 11 is 0. The van der Waals surface area contributed by atoms with E-state index in [0.29, 0.717) is 19.8 Å². The zero-order valence-corrected chi connectivity index (χ0v) is 9.86. The molecule has 0 aromatic carbocycles. The molecule has 0 saturated heterocycles. The first kappa shape index (κ1) is 14.7. The molecule has 1 rings (SSSR count). The molecule has 1 aliphatic rings. The molecule has 1 saturated carbocycles. The van der Waals surface area contributed by atoms with Crippen LogP contribution in [0.5, 0.6) is 0 Å². The van der Waals surface area contributed by atoms with E-state index in [1.807, 2.05) is 0 Å². The minimum absolute atomic E-state index is 0.403. The van der Waals surface area contributed by atoms with E-state index in [-0.39, 0.29) is 0 Å². The number of aliphatic hydroxyl groups excluding tert-OH is 1. The lowest BCUT2D eigenvalue weighted by Gasteiger charge is -2.30. The van der Waals surface area contributed by atoms with E-state index in [1.165, 1.54) is 0 Å². The molecule has 2 nitrogen and oxygen atoms in total. The number of hydrogen-bond acceptors (Lipinski definition) is 2. The molecule has 0 aliphatic heterocycles. The Morgan fingerprint density at radius 3 is 2.29 bits per heavy atom. The molecule has 0 radical (unpaired) electrons. The van der Waals surface area contributed by atoms with E-state index in [1.54, 1.807) is 0 Å². The molecule has 17 heavy (non-hydrogen) atoms. The monoisotopic (exact) mass is 257 g/mol. The van der Waals surface area contributed by atoms with Crippen LogP contribution in [-0.2, 0) is 0 Å². The standard InChI is InChI=1S/C11H19F4NO/c1-10(12,13)6-11(14,15)7-16-8-4-2-3-5-9(8)17/h8-9,16-17H,2-7H2,1H3. The number of hydrogen-bond donors (Lipinski definition) is 2. The second kappa shape index (κ2) is 5.52. The van der Waals surface area contributed by atoms with Crippen LogP contribution in [0.2, 0.25) is 0 Å². The molecular formula is C11H19F4NO. The Labute approximate surface area is 98.4 Å². The van der Waals surface area contributed by atoms with E-state index in [4.69, 9.17) is 0 Å². The highest BCUT2D eigenvalue weighted by atomic mass is 19.3. The average molecular weight is 257 g/mol. The van der Waals surface area contributed by atoms with Crippen molar-refractivity contribution in [1.29, 1.82) is 0 Å². The summed E-state index contributed by atoms with van der Waals surface area (Å²) < 4.78 is 51.4. The Balaban J connectivity index is 2.37. The highest BCUT2D eigenvalue weighted by Gasteiger charge is 2.40. The van der Waals surface area contributed by atoms with Crippen LogP contribution in [0.1, 0.15) is 39.0 Å². The zero-order chi connectivity index (χ0) is 13.1. The second-order valence-electron chi connectivity index (χ2n) is 4.94. The van der Waals surface area contributed by atoms with Gasteiger partial charge in [0.05, 0.1) is 19.1 Å². The maximum absolute atomic E-state index is 13.2. The van der Waals surface area contributed by atoms with Crippen molar-refractivity contribution in [2.45, 2.75) is 63.0 Å². The predicted octanol–water partition coefficient (Wildman–Crippen LogP) is 2.56. The summed E-state index contributed by atoms with van der Waals surface area (Å²) in [7, 11) is 0. The molecular weight excluding hydrogens is 238 g/mol. The summed E-state index contributed by atoms with van der Waals surface area (Å²) in [6.07, 6.45) is 0.817. The molecule has 1 fully saturated rings. The summed E-state index contributed by atoms with van der Waals surface area (Å²) in [6, 6.07) is -0.403. The molecule has 0 aromatic rings. The van der Waals surface area contributed by atoms with Crippen LogP contribution in [0, 0.1) is 0 Å². The first-order valence-corrected chi connectivity index (χ1v) is 5.87. The first-order chi connectivity index (χ1) is 7.70. The molecule has 2 atom stereocenters. The van der Waals surface area contributed by atoms with Gasteiger partial charge in [0.2, 0.25) is 0 Å². The topological polar surface area (TPSA) is 32.3 Å². The Kier molecular flexibility index (Phi) is 4.77. The molecule has 0 aromatic heterocycles. The third kappa shape index (κ3) is 5.68. The lowest BCUT2D eigenvalue weighted by molar-refractivity contribution is -0.101. The van der Waals surface area contributed by atoms with Crippen molar-refractivity contribution in [3.63, 3.8) is 0 Å². The Bertz CT molecular complexity index is 242. The van der Waals surface area contributed by atoms with Crippen molar-refractivity contribution in [1.82, 2.24) is 5.32 Å². The number of rotatable bonds is 5. The van der Waals surface area contributed by atoms with E-state index in [2.05, 4.69) is 5.32 Å². The minimum Gasteiger partial charge on any atom is -0.392 e. The average Bonchev–Trinajstić information content (AvgIpc) is 2.13. The summed E-state index contributed by atoms with van der Waals surface area (Å²) in [4.78, 5) is 0. The zero-order valence-electron chi connectivity index (χ0n) is 9.86. The van der Waals surface area contributed by atoms with Gasteiger partial charge in [-0.15, -0.1) is 0 Å². The highest BCUT2D eigenvalue weighted by Crippen LogP contribution is 2.30. The quantitative estimate of drug-likeness (QED) is 0.742. The first-order valence-electron chi connectivity index (χ1n) is 5.87. The van der Waals surface area contributed by atoms with Crippen LogP contribution in [0.15, 0.2) is 0 Å². The molecule has 0 heterocycles. The number of nitrogens with one attached hydrogen (secondary N) is 1. The summed E-state index contributed by atoms with van der Waals surface area (Å²) in [5, 5.41) is 12.0. The fourth-order valence-corrected chi connectivity index (χ4v) is 2.15. The SMILES string of the molecule is CC(F)(F)CC(F)(F)CNC1CCCCC1O. The van der Waals surface area contributed by atoms with Gasteiger partial charge in [-0.2, -0.15) is 0 Å². The molecule has 0 bridgehead atoms. The molecule has 1 aliphatic carbocycles. The van der Waals surface area contributed by atoms with Gasteiger partial charge in [-0.1, -0.05) is 12.8 Å². The lowest BCUT2D eigenvalue weighted by atomic mass is 9.92. The van der Waals surface area contributed by atoms with Crippen LogP contribution in [0.3, 0.4) is 0 Å². The van der Waals surface area contributed by atoms with Crippen molar-refractivity contribution in [2.24, 2.45) is 0 Å². The second-order valence-corrected chi connectivity index (χ2v) is 4.94. The van der Waals surface area contributed by atoms with Gasteiger partial charge in [0.25, 0.3) is 11.8 Å². The molecule has 0 spiro atoms. The largest absolute Gasteiger partial charge is 0.392 e. The number of aliphatic hydroxyl groups is 1. The van der Waals surface area contributed by atoms with Gasteiger partial charge >= 0.3 is 0 Å². The van der Waals surface area contributed by atoms with Crippen LogP contribution >= 0.6 is 0 Å². The van der Waals surface area contributed by atoms with Crippen LogP contribution in [-0.4, -0.2) is 35.6 Å². The van der Waals surface area contributed by atoms with E-state index < -0.39 is 37.0 Å². The predicted molar refractivity (Wildman–Crippen MR) is 56.5 cm³/mol. The van der Waals surface area contributed by atoms with Crippen LogP contribution < -0.4 is 5.32 Å². The number of alkyl halides is 4. The molecule has 2 N–H and O–H groups in total. The fraction of sp³-hybridized carbons (Fsp3) is 1.00. The fourth-order valence-electron chi connectivity index (χ4n) is 2.15. The summed E-state index contributed by atoms with van der Waals surface area (Å²) in [5.41, 5.74) is 0. The van der Waals surface area contributed by atoms with Crippen LogP contribution in [0.4, 0.5) is 17.6 Å². The van der Waals surface area contributed by atoms with Crippen molar-refractivity contribution >= 4 is 0 Å². The van der Waals surface area contributed by atoms with E-state index in [9.17, 15) is 22.7 Å². The highest BCUT2D eigenvalue weighted by molar-refractivity contribution is 4.84. The van der Waals surface area contributed by atoms with Gasteiger partial charge in [-0.3, -0.25) is 0 Å². The Morgan fingerprint density at radius 1 is 1.18 bits per heavy atom. The molecule has 0 amide bonds. The maximum atomic E-state index is 13.2. The van der Waals surface area contributed by atoms with Crippen molar-refractivity contribution in [3.05, 3.63) is 0 Å². The van der Waals surface area contributed by atoms with Crippen molar-refractivity contribution in [2.75, 3.05) is 6.54 Å². The smallest absolute Gasteiger partial charge is 0.266 e. The summed E-state index contributed by atoms with van der Waals surface area (Å²) in [6.45, 7) is -0.325. The normalized spacial score (nSPS) is 27.2. The third-order valence-electron chi connectivity index (χ3n) is 2.92. The molecule has 102 valence electrons. The summed E-state index contributed by atoms with van der Waals surface area (Å²) in [5.74, 6) is -6.83. The maximum Gasteiger partial charge on any atom is 0.266 e. The van der Waals surface area contributed by atoms with Gasteiger partial charge in [-0.05, 0) is 19.8 Å². The van der Waals surface area contributed by atoms with Gasteiger partial charge < -0.3 is 10.4 Å².